The molecule has 2 aliphatic rings. The number of halogens is 2. The van der Waals surface area contributed by atoms with Crippen molar-refractivity contribution in [2.24, 2.45) is 5.73 Å². The number of ether oxygens (including phenoxy) is 1. The Labute approximate surface area is 302 Å². The van der Waals surface area contributed by atoms with Crippen LogP contribution in [-0.4, -0.2) is 81.5 Å². The zero-order valence-corrected chi connectivity index (χ0v) is 29.4. The van der Waals surface area contributed by atoms with Gasteiger partial charge in [-0.05, 0) is 54.4 Å². The molecule has 0 saturated carbocycles. The lowest BCUT2D eigenvalue weighted by Gasteiger charge is -2.34. The van der Waals surface area contributed by atoms with Crippen molar-refractivity contribution in [1.29, 1.82) is 0 Å². The predicted octanol–water partition coefficient (Wildman–Crippen LogP) is 4.00. The van der Waals surface area contributed by atoms with Crippen LogP contribution in [0, 0.1) is 11.8 Å². The molecule has 2 amide bonds. The SMILES string of the molecule is CC1COCCN1CC(O)Cn1nc(-c2ccc(Cl)c(C#Cc3ccc(CNCc4ccc(Cl)cc4)cc3)c2)c2c1CCN(C(=O)C(N)=O)C2. The molecule has 3 aromatic carbocycles. The molecular weight excluding hydrogens is 675 g/mol. The van der Waals surface area contributed by atoms with E-state index in [1.54, 1.807) is 6.07 Å². The third-order valence-corrected chi connectivity index (χ3v) is 9.65. The van der Waals surface area contributed by atoms with Gasteiger partial charge in [-0.3, -0.25) is 19.2 Å². The Morgan fingerprint density at radius 2 is 1.74 bits per heavy atom. The number of nitrogens with one attached hydrogen (secondary N) is 1. The Bertz CT molecular complexity index is 1900. The van der Waals surface area contributed by atoms with Gasteiger partial charge in [0.05, 0.1) is 43.1 Å². The summed E-state index contributed by atoms with van der Waals surface area (Å²) in [6.07, 6.45) is -0.204. The summed E-state index contributed by atoms with van der Waals surface area (Å²) in [5.74, 6) is 4.70. The molecule has 1 fully saturated rings. The number of carbonyl (C=O) groups excluding carboxylic acids is 2. The quantitative estimate of drug-likeness (QED) is 0.177. The smallest absolute Gasteiger partial charge is 0.311 e. The van der Waals surface area contributed by atoms with E-state index in [1.807, 2.05) is 65.3 Å². The Kier molecular flexibility index (Phi) is 11.5. The molecule has 4 N–H and O–H groups in total. The van der Waals surface area contributed by atoms with E-state index < -0.39 is 17.9 Å². The fraction of sp³-hybridized carbons (Fsp3) is 0.342. The van der Waals surface area contributed by atoms with Crippen LogP contribution in [0.5, 0.6) is 0 Å². The number of amides is 2. The number of aliphatic hydroxyl groups excluding tert-OH is 1. The molecule has 2 atom stereocenters. The maximum atomic E-state index is 12.6. The highest BCUT2D eigenvalue weighted by atomic mass is 35.5. The molecule has 260 valence electrons. The lowest BCUT2D eigenvalue weighted by molar-refractivity contribution is -0.144. The highest BCUT2D eigenvalue weighted by Crippen LogP contribution is 2.32. The summed E-state index contributed by atoms with van der Waals surface area (Å²) in [6.45, 7) is 6.84. The zero-order chi connectivity index (χ0) is 35.2. The van der Waals surface area contributed by atoms with Gasteiger partial charge in [0, 0.05) is 78.2 Å². The lowest BCUT2D eigenvalue weighted by Crippen LogP contribution is -2.47. The fourth-order valence-corrected chi connectivity index (χ4v) is 6.62. The number of hydrogen-bond donors (Lipinski definition) is 3. The van der Waals surface area contributed by atoms with Gasteiger partial charge in [0.2, 0.25) is 0 Å². The number of aromatic nitrogens is 2. The highest BCUT2D eigenvalue weighted by molar-refractivity contribution is 6.34. The molecule has 0 radical (unpaired) electrons. The number of rotatable bonds is 9. The van der Waals surface area contributed by atoms with E-state index in [0.717, 1.165) is 51.6 Å². The number of aliphatic hydroxyl groups is 1. The van der Waals surface area contributed by atoms with Gasteiger partial charge in [-0.15, -0.1) is 0 Å². The predicted molar refractivity (Wildman–Crippen MR) is 193 cm³/mol. The molecule has 3 heterocycles. The maximum absolute atomic E-state index is 12.6. The van der Waals surface area contributed by atoms with Crippen LogP contribution in [0.15, 0.2) is 66.7 Å². The summed E-state index contributed by atoms with van der Waals surface area (Å²) in [6, 6.07) is 21.6. The lowest BCUT2D eigenvalue weighted by atomic mass is 9.99. The standard InChI is InChI=1S/C38H40Cl2N6O4/c1-25-24-50-17-16-44(25)21-32(47)22-46-35-14-15-45(38(49)37(41)48)23-33(35)36(43-46)30-10-13-34(40)29(18-30)9-6-26-2-4-27(5-3-26)19-42-20-28-7-11-31(39)12-8-28/h2-5,7-8,10-13,18,25,32,42,47H,14-17,19-24H2,1H3,(H2,41,48). The number of nitrogens with two attached hydrogens (primary N) is 1. The first-order valence-electron chi connectivity index (χ1n) is 16.7. The van der Waals surface area contributed by atoms with Gasteiger partial charge in [-0.1, -0.05) is 65.4 Å². The third-order valence-electron chi connectivity index (χ3n) is 9.07. The van der Waals surface area contributed by atoms with Crippen LogP contribution in [-0.2, 0) is 46.9 Å². The minimum Gasteiger partial charge on any atom is -0.390 e. The Hall–Kier alpha value is -4.21. The molecule has 50 heavy (non-hydrogen) atoms. The molecule has 1 saturated heterocycles. The maximum Gasteiger partial charge on any atom is 0.311 e. The largest absolute Gasteiger partial charge is 0.390 e. The van der Waals surface area contributed by atoms with E-state index in [4.69, 9.17) is 38.8 Å². The van der Waals surface area contributed by atoms with E-state index in [-0.39, 0.29) is 19.1 Å². The van der Waals surface area contributed by atoms with E-state index in [2.05, 4.69) is 29.0 Å². The van der Waals surface area contributed by atoms with Crippen molar-refractivity contribution in [3.63, 3.8) is 0 Å². The molecular formula is C38H40Cl2N6O4. The van der Waals surface area contributed by atoms with Gasteiger partial charge in [-0.25, -0.2) is 0 Å². The van der Waals surface area contributed by atoms with E-state index in [0.29, 0.717) is 55.5 Å². The van der Waals surface area contributed by atoms with Gasteiger partial charge in [0.15, 0.2) is 0 Å². The van der Waals surface area contributed by atoms with Gasteiger partial charge >= 0.3 is 11.8 Å². The number of fused-ring (bicyclic) bond motifs is 1. The molecule has 6 rings (SSSR count). The Morgan fingerprint density at radius 3 is 2.44 bits per heavy atom. The fourth-order valence-electron chi connectivity index (χ4n) is 6.33. The van der Waals surface area contributed by atoms with Crippen molar-refractivity contribution in [3.05, 3.63) is 110 Å². The summed E-state index contributed by atoms with van der Waals surface area (Å²) in [5, 5.41) is 20.7. The highest BCUT2D eigenvalue weighted by Gasteiger charge is 2.31. The minimum atomic E-state index is -0.997. The summed E-state index contributed by atoms with van der Waals surface area (Å²) in [5.41, 5.74) is 12.2. The summed E-state index contributed by atoms with van der Waals surface area (Å²) in [7, 11) is 0. The van der Waals surface area contributed by atoms with Gasteiger partial charge in [0.25, 0.3) is 0 Å². The molecule has 0 spiro atoms. The van der Waals surface area contributed by atoms with Gasteiger partial charge in [-0.2, -0.15) is 5.10 Å². The van der Waals surface area contributed by atoms with Gasteiger partial charge < -0.3 is 25.8 Å². The van der Waals surface area contributed by atoms with Crippen LogP contribution in [0.1, 0.15) is 40.4 Å². The topological polar surface area (TPSA) is 126 Å². The third kappa shape index (κ3) is 8.74. The molecule has 0 aliphatic carbocycles. The van der Waals surface area contributed by atoms with Gasteiger partial charge in [0.1, 0.15) is 0 Å². The van der Waals surface area contributed by atoms with Crippen molar-refractivity contribution in [2.45, 2.75) is 51.7 Å². The second kappa shape index (κ2) is 16.2. The molecule has 2 unspecified atom stereocenters. The first-order chi connectivity index (χ1) is 24.1. The normalized spacial score (nSPS) is 16.7. The summed E-state index contributed by atoms with van der Waals surface area (Å²) < 4.78 is 7.38. The second-order valence-electron chi connectivity index (χ2n) is 12.7. The molecule has 0 bridgehead atoms. The number of carbonyl (C=O) groups is 2. The number of morpholine rings is 1. The van der Waals surface area contributed by atoms with Crippen molar-refractivity contribution in [3.8, 4) is 23.1 Å². The Morgan fingerprint density at radius 1 is 1.02 bits per heavy atom. The van der Waals surface area contributed by atoms with Crippen LogP contribution >= 0.6 is 23.2 Å². The number of benzene rings is 3. The molecule has 1 aromatic heterocycles. The van der Waals surface area contributed by atoms with Crippen LogP contribution in [0.25, 0.3) is 11.3 Å². The summed E-state index contributed by atoms with van der Waals surface area (Å²) in [4.78, 5) is 28.0. The second-order valence-corrected chi connectivity index (χ2v) is 13.6. The van der Waals surface area contributed by atoms with E-state index in [1.165, 1.54) is 4.90 Å². The van der Waals surface area contributed by atoms with Crippen molar-refractivity contribution in [1.82, 2.24) is 24.9 Å². The van der Waals surface area contributed by atoms with Crippen LogP contribution < -0.4 is 11.1 Å². The number of hydrogen-bond acceptors (Lipinski definition) is 7. The average Bonchev–Trinajstić information content (AvgIpc) is 3.47. The number of β-amino-alcohol motifs (C(OH)–C–C–N with tert-alkyl or cyclic N) is 1. The first kappa shape index (κ1) is 35.6. The molecule has 2 aliphatic heterocycles. The van der Waals surface area contributed by atoms with Crippen molar-refractivity contribution < 1.29 is 19.4 Å². The number of primary amides is 1. The van der Waals surface area contributed by atoms with E-state index >= 15 is 0 Å². The van der Waals surface area contributed by atoms with Crippen LogP contribution in [0.3, 0.4) is 0 Å². The minimum absolute atomic E-state index is 0.174. The number of nitrogens with zero attached hydrogens (tertiary/aromatic N) is 4. The van der Waals surface area contributed by atoms with Crippen molar-refractivity contribution in [2.75, 3.05) is 32.8 Å². The van der Waals surface area contributed by atoms with Crippen molar-refractivity contribution >= 4 is 35.0 Å². The molecule has 12 heteroatoms. The molecule has 4 aromatic rings. The van der Waals surface area contributed by atoms with Crippen LogP contribution in [0.4, 0.5) is 0 Å². The first-order valence-corrected chi connectivity index (χ1v) is 17.4. The average molecular weight is 716 g/mol. The summed E-state index contributed by atoms with van der Waals surface area (Å²) >= 11 is 12.6. The molecule has 10 nitrogen and oxygen atoms in total. The van der Waals surface area contributed by atoms with Crippen LogP contribution in [0.2, 0.25) is 10.0 Å². The Balaban J connectivity index is 1.20. The monoisotopic (exact) mass is 714 g/mol. The zero-order valence-electron chi connectivity index (χ0n) is 27.9. The van der Waals surface area contributed by atoms with E-state index in [9.17, 15) is 14.7 Å².